The van der Waals surface area contributed by atoms with Crippen LogP contribution in [0.4, 0.5) is 18.0 Å². The lowest BCUT2D eigenvalue weighted by Crippen LogP contribution is -2.43. The van der Waals surface area contributed by atoms with Crippen molar-refractivity contribution in [2.45, 2.75) is 45.5 Å². The maximum Gasteiger partial charge on any atom is 0.408 e. The van der Waals surface area contributed by atoms with Crippen molar-refractivity contribution >= 4 is 6.09 Å². The summed E-state index contributed by atoms with van der Waals surface area (Å²) in [6.45, 7) is 9.05. The zero-order chi connectivity index (χ0) is 15.4. The van der Waals surface area contributed by atoms with Crippen LogP contribution in [0.2, 0.25) is 0 Å². The fourth-order valence-corrected chi connectivity index (χ4v) is 1.27. The molecule has 0 aromatic carbocycles. The Labute approximate surface area is 111 Å². The van der Waals surface area contributed by atoms with Gasteiger partial charge >= 0.3 is 12.3 Å². The minimum Gasteiger partial charge on any atom is -0.444 e. The number of alkyl halides is 3. The Morgan fingerprint density at radius 3 is 2.21 bits per heavy atom. The summed E-state index contributed by atoms with van der Waals surface area (Å²) in [6.07, 6.45) is -5.01. The Balaban J connectivity index is 4.38. The van der Waals surface area contributed by atoms with Crippen molar-refractivity contribution in [1.82, 2.24) is 10.2 Å². The number of nitrogens with one attached hydrogen (secondary N) is 1. The monoisotopic (exact) mass is 282 g/mol. The number of rotatable bonds is 4. The van der Waals surface area contributed by atoms with Crippen LogP contribution in [0.3, 0.4) is 0 Å². The van der Waals surface area contributed by atoms with Gasteiger partial charge in [-0.3, -0.25) is 0 Å². The normalized spacial score (nSPS) is 13.7. The molecule has 0 aliphatic heterocycles. The third-order valence-corrected chi connectivity index (χ3v) is 2.14. The van der Waals surface area contributed by atoms with Crippen LogP contribution in [0.1, 0.15) is 27.7 Å². The van der Waals surface area contributed by atoms with E-state index in [1.807, 2.05) is 0 Å². The minimum absolute atomic E-state index is 0.156. The van der Waals surface area contributed by atoms with Crippen molar-refractivity contribution in [1.29, 1.82) is 0 Å². The van der Waals surface area contributed by atoms with Gasteiger partial charge in [0, 0.05) is 12.7 Å². The summed E-state index contributed by atoms with van der Waals surface area (Å²) in [6, 6.07) is -0.651. The first-order valence-corrected chi connectivity index (χ1v) is 5.78. The van der Waals surface area contributed by atoms with Gasteiger partial charge in [-0.15, -0.1) is 0 Å². The second-order valence-corrected chi connectivity index (χ2v) is 5.33. The van der Waals surface area contributed by atoms with Gasteiger partial charge in [0.05, 0.1) is 6.04 Å². The van der Waals surface area contributed by atoms with Gasteiger partial charge in [-0.1, -0.05) is 6.58 Å². The fraction of sp³-hybridized carbons (Fsp3) is 0.750. The lowest BCUT2D eigenvalue weighted by molar-refractivity contribution is -0.139. The SMILES string of the molecule is C=C([C@@H](C)NC(=O)OC(C)(C)C)N(C)CC(F)(F)F. The van der Waals surface area contributed by atoms with Crippen LogP contribution in [0.5, 0.6) is 0 Å². The van der Waals surface area contributed by atoms with Crippen molar-refractivity contribution in [3.8, 4) is 0 Å². The molecule has 0 saturated heterocycles. The first kappa shape index (κ1) is 17.6. The summed E-state index contributed by atoms with van der Waals surface area (Å²) >= 11 is 0. The molecule has 1 N–H and O–H groups in total. The first-order chi connectivity index (χ1) is 8.32. The van der Waals surface area contributed by atoms with E-state index in [4.69, 9.17) is 4.74 Å². The number of carbonyl (C=O) groups is 1. The van der Waals surface area contributed by atoms with Crippen LogP contribution in [-0.2, 0) is 4.74 Å². The molecule has 0 fully saturated rings. The molecule has 1 atom stereocenters. The number of hydrogen-bond acceptors (Lipinski definition) is 3. The number of amides is 1. The molecule has 0 unspecified atom stereocenters. The zero-order valence-corrected chi connectivity index (χ0v) is 11.9. The van der Waals surface area contributed by atoms with E-state index < -0.39 is 30.5 Å². The molecule has 19 heavy (non-hydrogen) atoms. The summed E-state index contributed by atoms with van der Waals surface area (Å²) < 4.78 is 41.7. The highest BCUT2D eigenvalue weighted by Gasteiger charge is 2.31. The lowest BCUT2D eigenvalue weighted by Gasteiger charge is -2.28. The molecule has 1 amide bonds. The molecule has 0 saturated carbocycles. The highest BCUT2D eigenvalue weighted by Crippen LogP contribution is 2.18. The molecule has 0 heterocycles. The molecular weight excluding hydrogens is 261 g/mol. The number of halogens is 3. The standard InChI is InChI=1S/C12H21F3N2O2/c1-8(16-10(18)19-11(3,4)5)9(2)17(6)7-12(13,14)15/h8H,2,7H2,1,3-6H3,(H,16,18)/t8-/m1/s1. The molecule has 0 aromatic rings. The number of carbonyl (C=O) groups excluding carboxylic acids is 1. The molecule has 4 nitrogen and oxygen atoms in total. The number of hydrogen-bond donors (Lipinski definition) is 1. The maximum absolute atomic E-state index is 12.2. The molecular formula is C12H21F3N2O2. The largest absolute Gasteiger partial charge is 0.444 e. The Hall–Kier alpha value is -1.40. The van der Waals surface area contributed by atoms with Gasteiger partial charge in [0.15, 0.2) is 0 Å². The van der Waals surface area contributed by atoms with Crippen LogP contribution in [-0.4, -0.2) is 42.4 Å². The Kier molecular flexibility index (Phi) is 5.71. The van der Waals surface area contributed by atoms with E-state index in [0.717, 1.165) is 4.90 Å². The Morgan fingerprint density at radius 2 is 1.84 bits per heavy atom. The summed E-state index contributed by atoms with van der Waals surface area (Å²) in [5.41, 5.74) is -0.508. The van der Waals surface area contributed by atoms with Gasteiger partial charge in [0.2, 0.25) is 0 Å². The molecule has 0 aromatic heterocycles. The number of alkyl carbamates (subject to hydrolysis) is 1. The van der Waals surface area contributed by atoms with Crippen LogP contribution >= 0.6 is 0 Å². The van der Waals surface area contributed by atoms with Crippen LogP contribution < -0.4 is 5.32 Å². The quantitative estimate of drug-likeness (QED) is 0.862. The molecule has 0 bridgehead atoms. The summed E-state index contributed by atoms with van der Waals surface area (Å²) in [5.74, 6) is 0. The highest BCUT2D eigenvalue weighted by molar-refractivity contribution is 5.68. The van der Waals surface area contributed by atoms with E-state index in [2.05, 4.69) is 11.9 Å². The smallest absolute Gasteiger partial charge is 0.408 e. The topological polar surface area (TPSA) is 41.6 Å². The fourth-order valence-electron chi connectivity index (χ4n) is 1.27. The van der Waals surface area contributed by atoms with Gasteiger partial charge < -0.3 is 15.0 Å². The molecule has 0 radical (unpaired) electrons. The first-order valence-electron chi connectivity index (χ1n) is 5.78. The summed E-state index contributed by atoms with van der Waals surface area (Å²) in [5, 5.41) is 2.43. The van der Waals surface area contributed by atoms with Gasteiger partial charge in [-0.25, -0.2) is 4.79 Å². The van der Waals surface area contributed by atoms with Crippen molar-refractivity contribution in [2.24, 2.45) is 0 Å². The Morgan fingerprint density at radius 1 is 1.37 bits per heavy atom. The minimum atomic E-state index is -4.32. The lowest BCUT2D eigenvalue weighted by atomic mass is 10.2. The van der Waals surface area contributed by atoms with Gasteiger partial charge in [-0.05, 0) is 27.7 Å². The van der Waals surface area contributed by atoms with E-state index in [-0.39, 0.29) is 5.70 Å². The van der Waals surface area contributed by atoms with Crippen LogP contribution in [0.15, 0.2) is 12.3 Å². The van der Waals surface area contributed by atoms with Crippen molar-refractivity contribution in [3.63, 3.8) is 0 Å². The maximum atomic E-state index is 12.2. The second-order valence-electron chi connectivity index (χ2n) is 5.33. The molecule has 0 aliphatic carbocycles. The summed E-state index contributed by atoms with van der Waals surface area (Å²) in [4.78, 5) is 12.4. The van der Waals surface area contributed by atoms with Crippen LogP contribution in [0, 0.1) is 0 Å². The van der Waals surface area contributed by atoms with E-state index in [0.29, 0.717) is 0 Å². The third-order valence-electron chi connectivity index (χ3n) is 2.14. The number of nitrogens with zero attached hydrogens (tertiary/aromatic N) is 1. The zero-order valence-electron chi connectivity index (χ0n) is 11.9. The van der Waals surface area contributed by atoms with Gasteiger partial charge in [0.25, 0.3) is 0 Å². The predicted octanol–water partition coefficient (Wildman–Crippen LogP) is 2.91. The van der Waals surface area contributed by atoms with Crippen molar-refractivity contribution in [3.05, 3.63) is 12.3 Å². The number of ether oxygens (including phenoxy) is 1. The molecule has 7 heteroatoms. The second kappa shape index (κ2) is 6.16. The average molecular weight is 282 g/mol. The molecule has 112 valence electrons. The number of likely N-dealkylation sites (N-methyl/N-ethyl adjacent to an activating group) is 1. The van der Waals surface area contributed by atoms with E-state index >= 15 is 0 Å². The molecule has 0 rings (SSSR count). The van der Waals surface area contributed by atoms with Crippen LogP contribution in [0.25, 0.3) is 0 Å². The molecule has 0 aliphatic rings. The Bertz CT molecular complexity index is 335. The highest BCUT2D eigenvalue weighted by atomic mass is 19.4. The predicted molar refractivity (Wildman–Crippen MR) is 66.7 cm³/mol. The van der Waals surface area contributed by atoms with Crippen molar-refractivity contribution < 1.29 is 22.7 Å². The third kappa shape index (κ3) is 8.34. The van der Waals surface area contributed by atoms with Crippen molar-refractivity contribution in [2.75, 3.05) is 13.6 Å². The van der Waals surface area contributed by atoms with E-state index in [9.17, 15) is 18.0 Å². The summed E-state index contributed by atoms with van der Waals surface area (Å²) in [7, 11) is 1.27. The average Bonchev–Trinajstić information content (AvgIpc) is 2.10. The van der Waals surface area contributed by atoms with E-state index in [1.165, 1.54) is 7.05 Å². The van der Waals surface area contributed by atoms with Gasteiger partial charge in [-0.2, -0.15) is 13.2 Å². The molecule has 0 spiro atoms. The van der Waals surface area contributed by atoms with E-state index in [1.54, 1.807) is 27.7 Å². The van der Waals surface area contributed by atoms with Gasteiger partial charge in [0.1, 0.15) is 12.1 Å².